The molecule has 1 fully saturated rings. The number of aliphatic hydroxyl groups is 1. The van der Waals surface area contributed by atoms with Crippen LogP contribution in [0.25, 0.3) is 11.4 Å². The van der Waals surface area contributed by atoms with Gasteiger partial charge in [-0.25, -0.2) is 14.8 Å². The van der Waals surface area contributed by atoms with E-state index in [1.54, 1.807) is 26.0 Å². The lowest BCUT2D eigenvalue weighted by Gasteiger charge is -2.36. The third-order valence-electron chi connectivity index (χ3n) is 6.64. The van der Waals surface area contributed by atoms with Crippen molar-refractivity contribution in [2.45, 2.75) is 39.7 Å². The summed E-state index contributed by atoms with van der Waals surface area (Å²) in [5, 5.41) is 14.9. The molecule has 14 nitrogen and oxygen atoms in total. The molecule has 2 heterocycles. The second-order valence-electron chi connectivity index (χ2n) is 9.91. The molecule has 3 N–H and O–H groups in total. The van der Waals surface area contributed by atoms with E-state index in [0.717, 1.165) is 12.8 Å². The molecule has 1 aromatic heterocycles. The van der Waals surface area contributed by atoms with Gasteiger partial charge in [-0.05, 0) is 20.3 Å². The van der Waals surface area contributed by atoms with Crippen molar-refractivity contribution in [3.8, 4) is 11.4 Å². The minimum absolute atomic E-state index is 0.0422. The van der Waals surface area contributed by atoms with E-state index in [9.17, 15) is 24.1 Å². The average molecular weight is 635 g/mol. The van der Waals surface area contributed by atoms with E-state index in [1.165, 1.54) is 15.9 Å². The van der Waals surface area contributed by atoms with Gasteiger partial charge in [0.25, 0.3) is 5.91 Å². The zero-order chi connectivity index (χ0) is 32.0. The summed E-state index contributed by atoms with van der Waals surface area (Å²) in [6.07, 6.45) is 0.837. The third kappa shape index (κ3) is 10.3. The average Bonchev–Trinajstić information content (AvgIpc) is 3.03. The van der Waals surface area contributed by atoms with Crippen LogP contribution in [0.3, 0.4) is 0 Å². The third-order valence-corrected chi connectivity index (χ3v) is 8.76. The van der Waals surface area contributed by atoms with Crippen LogP contribution in [0.4, 0.5) is 10.6 Å². The molecule has 2 aromatic rings. The van der Waals surface area contributed by atoms with Gasteiger partial charge in [0.05, 0.1) is 32.6 Å². The number of nitrogens with zero attached hydrogens (tertiary/aromatic N) is 4. The molecule has 0 unspecified atom stereocenters. The van der Waals surface area contributed by atoms with Gasteiger partial charge < -0.3 is 39.3 Å². The van der Waals surface area contributed by atoms with E-state index >= 15 is 0 Å². The maximum atomic E-state index is 13.8. The van der Waals surface area contributed by atoms with Gasteiger partial charge in [-0.1, -0.05) is 43.7 Å². The standard InChI is InChI=1S/C29H43N6O8P/c1-4-7-19-41-29(39)35-16-14-34(15-17-35)28(38)24(21-44(40,42-5-2)43-6-3)32-27(37)23-20-25(30-13-18-36)33-26(31-23)22-11-9-8-10-12-22/h8-12,20,24,36H,4-7,13-19,21H2,1-3H3,(H,32,37)(H,30,31,33)/t24-/m0/s1. The second-order valence-corrected chi connectivity index (χ2v) is 12.0. The lowest BCUT2D eigenvalue weighted by molar-refractivity contribution is -0.134. The molecule has 1 aromatic carbocycles. The molecule has 3 rings (SSSR count). The van der Waals surface area contributed by atoms with Crippen molar-refractivity contribution < 1.29 is 37.8 Å². The van der Waals surface area contributed by atoms with Crippen LogP contribution in [0, 0.1) is 0 Å². The lowest BCUT2D eigenvalue weighted by atomic mass is 10.2. The van der Waals surface area contributed by atoms with Crippen LogP contribution in [0.15, 0.2) is 36.4 Å². The van der Waals surface area contributed by atoms with Crippen LogP contribution in [0.2, 0.25) is 0 Å². The maximum Gasteiger partial charge on any atom is 0.409 e. The molecule has 44 heavy (non-hydrogen) atoms. The van der Waals surface area contributed by atoms with Gasteiger partial charge in [-0.3, -0.25) is 14.2 Å². The Morgan fingerprint density at radius 2 is 1.66 bits per heavy atom. The SMILES string of the molecule is CCCCOC(=O)N1CCN(C(=O)[C@H](CP(=O)(OCC)OCC)NC(=O)c2cc(NCCO)nc(-c3ccccc3)n2)CC1. The van der Waals surface area contributed by atoms with E-state index < -0.39 is 37.7 Å². The van der Waals surface area contributed by atoms with E-state index in [1.807, 2.05) is 25.1 Å². The molecule has 1 atom stereocenters. The van der Waals surface area contributed by atoms with Gasteiger partial charge in [0.1, 0.15) is 17.6 Å². The molecule has 0 bridgehead atoms. The Morgan fingerprint density at radius 3 is 2.27 bits per heavy atom. The number of ether oxygens (including phenoxy) is 1. The molecular weight excluding hydrogens is 591 g/mol. The van der Waals surface area contributed by atoms with Crippen molar-refractivity contribution in [2.24, 2.45) is 0 Å². The molecule has 242 valence electrons. The fourth-order valence-corrected chi connectivity index (χ4v) is 6.22. The van der Waals surface area contributed by atoms with Gasteiger partial charge in [0.2, 0.25) is 5.91 Å². The highest BCUT2D eigenvalue weighted by molar-refractivity contribution is 7.54. The number of anilines is 1. The van der Waals surface area contributed by atoms with Gasteiger partial charge in [-0.2, -0.15) is 0 Å². The summed E-state index contributed by atoms with van der Waals surface area (Å²) in [5.74, 6) is -0.629. The molecule has 3 amide bonds. The number of hydrogen-bond acceptors (Lipinski definition) is 11. The van der Waals surface area contributed by atoms with Crippen LogP contribution in [0.1, 0.15) is 44.1 Å². The zero-order valence-electron chi connectivity index (χ0n) is 25.6. The van der Waals surface area contributed by atoms with E-state index in [0.29, 0.717) is 18.0 Å². The Balaban J connectivity index is 1.84. The van der Waals surface area contributed by atoms with Crippen molar-refractivity contribution in [3.63, 3.8) is 0 Å². The summed E-state index contributed by atoms with van der Waals surface area (Å²) >= 11 is 0. The van der Waals surface area contributed by atoms with Crippen LogP contribution < -0.4 is 10.6 Å². The molecule has 0 saturated carbocycles. The maximum absolute atomic E-state index is 13.8. The quantitative estimate of drug-likeness (QED) is 0.183. The topological polar surface area (TPSA) is 173 Å². The number of amides is 3. The van der Waals surface area contributed by atoms with Crippen molar-refractivity contribution in [2.75, 3.05) is 70.6 Å². The number of aromatic nitrogens is 2. The van der Waals surface area contributed by atoms with Crippen LogP contribution >= 0.6 is 7.60 Å². The van der Waals surface area contributed by atoms with Gasteiger partial charge >= 0.3 is 13.7 Å². The number of nitrogens with one attached hydrogen (secondary N) is 2. The summed E-state index contributed by atoms with van der Waals surface area (Å²) in [6, 6.07) is 9.17. The highest BCUT2D eigenvalue weighted by Gasteiger charge is 2.37. The van der Waals surface area contributed by atoms with Crippen LogP contribution in [-0.2, 0) is 23.1 Å². The number of aliphatic hydroxyl groups excluding tert-OH is 1. The summed E-state index contributed by atoms with van der Waals surface area (Å²) < 4.78 is 29.7. The summed E-state index contributed by atoms with van der Waals surface area (Å²) in [7, 11) is -3.77. The first-order chi connectivity index (χ1) is 21.2. The van der Waals surface area contributed by atoms with Crippen molar-refractivity contribution in [1.82, 2.24) is 25.1 Å². The van der Waals surface area contributed by atoms with Crippen LogP contribution in [0.5, 0.6) is 0 Å². The summed E-state index contributed by atoms with van der Waals surface area (Å²) in [4.78, 5) is 51.7. The summed E-state index contributed by atoms with van der Waals surface area (Å²) in [6.45, 7) is 6.74. The first kappa shape index (κ1) is 34.9. The number of piperazine rings is 1. The largest absolute Gasteiger partial charge is 0.449 e. The van der Waals surface area contributed by atoms with Crippen LogP contribution in [-0.4, -0.2) is 114 Å². The lowest BCUT2D eigenvalue weighted by Crippen LogP contribution is -2.57. The van der Waals surface area contributed by atoms with Crippen molar-refractivity contribution >= 4 is 31.3 Å². The van der Waals surface area contributed by atoms with Gasteiger partial charge in [-0.15, -0.1) is 0 Å². The fraction of sp³-hybridized carbons (Fsp3) is 0.552. The highest BCUT2D eigenvalue weighted by Crippen LogP contribution is 2.48. The van der Waals surface area contributed by atoms with Gasteiger partial charge in [0, 0.05) is 44.4 Å². The Bertz CT molecular complexity index is 1270. The Hall–Kier alpha value is -3.58. The van der Waals surface area contributed by atoms with E-state index in [-0.39, 0.29) is 64.1 Å². The van der Waals surface area contributed by atoms with Crippen molar-refractivity contribution in [3.05, 3.63) is 42.1 Å². The molecule has 1 aliphatic heterocycles. The minimum Gasteiger partial charge on any atom is -0.449 e. The highest BCUT2D eigenvalue weighted by atomic mass is 31.2. The normalized spacial score (nSPS) is 14.2. The number of rotatable bonds is 16. The minimum atomic E-state index is -3.77. The second kappa shape index (κ2) is 17.6. The molecule has 15 heteroatoms. The first-order valence-corrected chi connectivity index (χ1v) is 16.6. The Kier molecular flexibility index (Phi) is 14.0. The molecule has 1 aliphatic rings. The molecule has 0 aliphatic carbocycles. The number of carbonyl (C=O) groups excluding carboxylic acids is 3. The fourth-order valence-electron chi connectivity index (χ4n) is 4.46. The Morgan fingerprint density at radius 1 is 1.00 bits per heavy atom. The molecule has 1 saturated heterocycles. The number of benzene rings is 1. The number of carbonyl (C=O) groups is 3. The molecule has 0 radical (unpaired) electrons. The van der Waals surface area contributed by atoms with E-state index in [2.05, 4.69) is 20.6 Å². The van der Waals surface area contributed by atoms with Gasteiger partial charge in [0.15, 0.2) is 5.82 Å². The van der Waals surface area contributed by atoms with E-state index in [4.69, 9.17) is 13.8 Å². The number of hydrogen-bond donors (Lipinski definition) is 3. The first-order valence-electron chi connectivity index (χ1n) is 14.9. The predicted octanol–water partition coefficient (Wildman–Crippen LogP) is 2.99. The van der Waals surface area contributed by atoms with Crippen molar-refractivity contribution in [1.29, 1.82) is 0 Å². The molecular formula is C29H43N6O8P. The smallest absolute Gasteiger partial charge is 0.409 e. The molecule has 0 spiro atoms. The zero-order valence-corrected chi connectivity index (χ0v) is 26.5. The number of unbranched alkanes of at least 4 members (excludes halogenated alkanes) is 1. The monoisotopic (exact) mass is 634 g/mol. The predicted molar refractivity (Wildman–Crippen MR) is 164 cm³/mol. The Labute approximate surface area is 258 Å². The summed E-state index contributed by atoms with van der Waals surface area (Å²) in [5.41, 5.74) is 0.615.